The molecular weight excluding hydrogens is 717 g/mol. The smallest absolute Gasteiger partial charge is 0.349 e. The lowest BCUT2D eigenvalue weighted by Crippen LogP contribution is -2.56. The van der Waals surface area contributed by atoms with Crippen molar-refractivity contribution in [2.24, 2.45) is 11.8 Å². The lowest BCUT2D eigenvalue weighted by molar-refractivity contribution is -0.392. The van der Waals surface area contributed by atoms with Crippen LogP contribution in [0, 0.1) is 29.3 Å². The first kappa shape index (κ1) is 38.3. The van der Waals surface area contributed by atoms with E-state index in [-0.39, 0.29) is 79.2 Å². The van der Waals surface area contributed by atoms with Gasteiger partial charge in [0.15, 0.2) is 9.84 Å². The monoisotopic (exact) mass is 749 g/mol. The van der Waals surface area contributed by atoms with Gasteiger partial charge in [-0.2, -0.15) is 26.3 Å². The summed E-state index contributed by atoms with van der Waals surface area (Å²) in [6.45, 7) is 0.163. The van der Waals surface area contributed by atoms with Crippen LogP contribution < -0.4 is 0 Å². The number of hydrogen-bond donors (Lipinski definition) is 0. The van der Waals surface area contributed by atoms with Gasteiger partial charge >= 0.3 is 12.4 Å². The summed E-state index contributed by atoms with van der Waals surface area (Å²) in [4.78, 5) is 25.6. The molecule has 276 valence electrons. The maximum Gasteiger partial charge on any atom is 0.430 e. The molecule has 3 aromatic rings. The fraction of sp³-hybridized carbons (Fsp3) is 0.429. The number of nitrogens with zero attached hydrogens (tertiary/aromatic N) is 1. The Morgan fingerprint density at radius 1 is 0.824 bits per heavy atom. The molecule has 1 saturated heterocycles. The Balaban J connectivity index is 1.51. The summed E-state index contributed by atoms with van der Waals surface area (Å²) in [5, 5.41) is 0. The highest BCUT2D eigenvalue weighted by atomic mass is 32.2. The van der Waals surface area contributed by atoms with Crippen molar-refractivity contribution in [3.8, 4) is 0 Å². The minimum atomic E-state index is -6.21. The van der Waals surface area contributed by atoms with E-state index >= 15 is 0 Å². The SMILES string of the molecule is CC(=O)N1CC(C(=O)CC2CCC(c3ccc(C(OCc4c(F)cccc4F)(C(F)(F)F)C(F)(F)F)cc3)(S(=O)(=O)c3ccc(F)cc3)CC2)C1. The second kappa shape index (κ2) is 13.9. The van der Waals surface area contributed by atoms with E-state index in [0.717, 1.165) is 42.5 Å². The van der Waals surface area contributed by atoms with E-state index in [9.17, 15) is 57.5 Å². The van der Waals surface area contributed by atoms with Gasteiger partial charge in [0.1, 0.15) is 28.0 Å². The number of carbonyl (C=O) groups is 2. The van der Waals surface area contributed by atoms with Gasteiger partial charge in [-0.3, -0.25) is 9.59 Å². The van der Waals surface area contributed by atoms with Gasteiger partial charge in [-0.05, 0) is 73.6 Å². The minimum absolute atomic E-state index is 0.0850. The Labute approximate surface area is 287 Å². The van der Waals surface area contributed by atoms with Crippen LogP contribution in [-0.2, 0) is 41.1 Å². The van der Waals surface area contributed by atoms with Crippen molar-refractivity contribution < 1.29 is 62.3 Å². The lowest BCUT2D eigenvalue weighted by atomic mass is 9.74. The number of halogens is 9. The van der Waals surface area contributed by atoms with E-state index in [0.29, 0.717) is 24.3 Å². The molecule has 1 aliphatic carbocycles. The molecule has 1 aliphatic heterocycles. The third-order valence-electron chi connectivity index (χ3n) is 9.93. The van der Waals surface area contributed by atoms with Crippen LogP contribution in [0.15, 0.2) is 71.6 Å². The van der Waals surface area contributed by atoms with Crippen molar-refractivity contribution in [2.45, 2.75) is 73.2 Å². The second-order valence-corrected chi connectivity index (χ2v) is 15.2. The van der Waals surface area contributed by atoms with Gasteiger partial charge in [0, 0.05) is 37.6 Å². The fourth-order valence-electron chi connectivity index (χ4n) is 6.88. The first-order valence-corrected chi connectivity index (χ1v) is 17.3. The minimum Gasteiger partial charge on any atom is -0.349 e. The molecule has 51 heavy (non-hydrogen) atoms. The molecule has 0 bridgehead atoms. The highest BCUT2D eigenvalue weighted by Gasteiger charge is 2.73. The zero-order valence-electron chi connectivity index (χ0n) is 27.0. The number of benzene rings is 3. The van der Waals surface area contributed by atoms with E-state index in [1.165, 1.54) is 11.8 Å². The summed E-state index contributed by atoms with van der Waals surface area (Å²) in [6, 6.07) is 8.40. The summed E-state index contributed by atoms with van der Waals surface area (Å²) in [5.74, 6) is -4.56. The number of sulfone groups is 1. The first-order chi connectivity index (χ1) is 23.7. The molecule has 2 fully saturated rings. The molecule has 6 nitrogen and oxygen atoms in total. The number of hydrogen-bond acceptors (Lipinski definition) is 5. The van der Waals surface area contributed by atoms with Crippen molar-refractivity contribution in [3.63, 3.8) is 0 Å². The molecule has 0 aromatic heterocycles. The van der Waals surface area contributed by atoms with Gasteiger partial charge in [-0.15, -0.1) is 0 Å². The molecular formula is C35H32F9NO5S. The van der Waals surface area contributed by atoms with E-state index in [1.807, 2.05) is 0 Å². The number of Topliss-reactive ketones (excluding diaryl/α,β-unsaturated/α-hetero) is 1. The van der Waals surface area contributed by atoms with E-state index in [1.54, 1.807) is 0 Å². The van der Waals surface area contributed by atoms with Gasteiger partial charge in [-0.25, -0.2) is 21.6 Å². The molecule has 16 heteroatoms. The molecule has 2 aliphatic rings. The van der Waals surface area contributed by atoms with Gasteiger partial charge in [0.25, 0.3) is 5.60 Å². The molecule has 1 heterocycles. The van der Waals surface area contributed by atoms with Gasteiger partial charge in [-0.1, -0.05) is 30.3 Å². The number of rotatable bonds is 10. The molecule has 0 unspecified atom stereocenters. The average molecular weight is 750 g/mol. The van der Waals surface area contributed by atoms with Crippen LogP contribution in [0.4, 0.5) is 39.5 Å². The van der Waals surface area contributed by atoms with Crippen LogP contribution in [-0.4, -0.2) is 50.5 Å². The highest BCUT2D eigenvalue weighted by molar-refractivity contribution is 7.92. The van der Waals surface area contributed by atoms with Crippen molar-refractivity contribution in [2.75, 3.05) is 13.1 Å². The normalized spacial score (nSPS) is 20.6. The third-order valence-corrected chi connectivity index (χ3v) is 12.5. The number of alkyl halides is 6. The Morgan fingerprint density at radius 3 is 1.84 bits per heavy atom. The van der Waals surface area contributed by atoms with Crippen molar-refractivity contribution in [1.82, 2.24) is 4.90 Å². The standard InChI is InChI=1S/C35H32F9NO5S/c1-21(46)45-18-23(19-45)31(47)17-22-13-15-32(16-14-22,51(48,49)27-11-9-26(36)10-12-27)24-5-7-25(8-6-24)33(34(39,40)41,35(42,43)44)50-20-28-29(37)3-2-4-30(28)38/h2-12,22-23H,13-20H2,1H3. The number of ketones is 1. The Bertz CT molecular complexity index is 1830. The number of amides is 1. The molecule has 0 N–H and O–H groups in total. The third kappa shape index (κ3) is 7.00. The number of carbonyl (C=O) groups excluding carboxylic acids is 2. The first-order valence-electron chi connectivity index (χ1n) is 15.8. The van der Waals surface area contributed by atoms with Crippen LogP contribution in [0.1, 0.15) is 55.7 Å². The van der Waals surface area contributed by atoms with E-state index in [4.69, 9.17) is 0 Å². The topological polar surface area (TPSA) is 80.8 Å². The summed E-state index contributed by atoms with van der Waals surface area (Å²) < 4.78 is 160. The average Bonchev–Trinajstić information content (AvgIpc) is 3.01. The summed E-state index contributed by atoms with van der Waals surface area (Å²) in [7, 11) is -4.49. The van der Waals surface area contributed by atoms with Crippen LogP contribution in [0.25, 0.3) is 0 Å². The van der Waals surface area contributed by atoms with E-state index < -0.39 is 67.7 Å². The molecule has 5 rings (SSSR count). The molecule has 1 saturated carbocycles. The molecule has 3 aromatic carbocycles. The summed E-state index contributed by atoms with van der Waals surface area (Å²) >= 11 is 0. The molecule has 0 atom stereocenters. The fourth-order valence-corrected chi connectivity index (χ4v) is 9.05. The van der Waals surface area contributed by atoms with Gasteiger partial charge in [0.05, 0.1) is 17.4 Å². The quantitative estimate of drug-likeness (QED) is 0.155. The van der Waals surface area contributed by atoms with Gasteiger partial charge in [0.2, 0.25) is 5.91 Å². The van der Waals surface area contributed by atoms with Crippen molar-refractivity contribution >= 4 is 21.5 Å². The number of likely N-dealkylation sites (tertiary alicyclic amines) is 1. The van der Waals surface area contributed by atoms with Crippen LogP contribution >= 0.6 is 0 Å². The zero-order chi connectivity index (χ0) is 37.6. The predicted molar refractivity (Wildman–Crippen MR) is 164 cm³/mol. The molecule has 0 radical (unpaired) electrons. The maximum absolute atomic E-state index is 14.5. The van der Waals surface area contributed by atoms with Crippen LogP contribution in [0.2, 0.25) is 0 Å². The van der Waals surface area contributed by atoms with Crippen molar-refractivity contribution in [1.29, 1.82) is 0 Å². The maximum atomic E-state index is 14.5. The molecule has 1 amide bonds. The van der Waals surface area contributed by atoms with Gasteiger partial charge < -0.3 is 9.64 Å². The second-order valence-electron chi connectivity index (χ2n) is 12.9. The largest absolute Gasteiger partial charge is 0.430 e. The molecule has 0 spiro atoms. The zero-order valence-corrected chi connectivity index (χ0v) is 27.8. The summed E-state index contributed by atoms with van der Waals surface area (Å²) in [5.41, 5.74) is -7.92. The lowest BCUT2D eigenvalue weighted by Gasteiger charge is -2.42. The van der Waals surface area contributed by atoms with E-state index in [2.05, 4.69) is 4.74 Å². The predicted octanol–water partition coefficient (Wildman–Crippen LogP) is 7.94. The Hall–Kier alpha value is -3.92. The van der Waals surface area contributed by atoms with Crippen molar-refractivity contribution in [3.05, 3.63) is 101 Å². The summed E-state index contributed by atoms with van der Waals surface area (Å²) in [6.07, 6.45) is -12.4. The Kier molecular flexibility index (Phi) is 10.4. The highest BCUT2D eigenvalue weighted by Crippen LogP contribution is 2.55. The number of ether oxygens (including phenoxy) is 1. The Morgan fingerprint density at radius 2 is 1.35 bits per heavy atom. The van der Waals surface area contributed by atoms with Crippen LogP contribution in [0.5, 0.6) is 0 Å². The van der Waals surface area contributed by atoms with Crippen LogP contribution in [0.3, 0.4) is 0 Å².